The Bertz CT molecular complexity index is 843. The molecule has 2 aliphatic heterocycles. The number of benzene rings is 1. The average molecular weight is 453 g/mol. The second-order valence-electron chi connectivity index (χ2n) is 6.41. The van der Waals surface area contributed by atoms with Crippen LogP contribution in [-0.2, 0) is 30.7 Å². The standard InChI is InChI=1S/C17H22Cl2N2O6S/c1-2-26-17(22)12-9-11-10-13(14(18)15(19)16(11)27-12)28(23,24)20-3-4-21-5-7-25-8-6-21/h10,12,20H,2-9H2,1H3. The van der Waals surface area contributed by atoms with E-state index in [0.717, 1.165) is 13.1 Å². The van der Waals surface area contributed by atoms with E-state index in [2.05, 4.69) is 9.62 Å². The van der Waals surface area contributed by atoms with Gasteiger partial charge in [0.05, 0.1) is 24.8 Å². The Kier molecular flexibility index (Phi) is 7.06. The maximum atomic E-state index is 12.7. The quantitative estimate of drug-likeness (QED) is 0.625. The Labute approximate surface area is 174 Å². The van der Waals surface area contributed by atoms with E-state index in [1.54, 1.807) is 6.92 Å². The second-order valence-corrected chi connectivity index (χ2v) is 8.90. The molecular weight excluding hydrogens is 431 g/mol. The molecule has 11 heteroatoms. The third-order valence-corrected chi connectivity index (χ3v) is 6.98. The van der Waals surface area contributed by atoms with Crippen LogP contribution in [0.5, 0.6) is 5.75 Å². The van der Waals surface area contributed by atoms with E-state index in [1.165, 1.54) is 6.07 Å². The predicted octanol–water partition coefficient (Wildman–Crippen LogP) is 1.47. The van der Waals surface area contributed by atoms with Gasteiger partial charge in [-0.1, -0.05) is 23.2 Å². The lowest BCUT2D eigenvalue weighted by Crippen LogP contribution is -2.41. The van der Waals surface area contributed by atoms with Crippen LogP contribution in [0.4, 0.5) is 0 Å². The van der Waals surface area contributed by atoms with Crippen molar-refractivity contribution in [1.29, 1.82) is 0 Å². The summed E-state index contributed by atoms with van der Waals surface area (Å²) < 4.78 is 43.8. The fraction of sp³-hybridized carbons (Fsp3) is 0.588. The fourth-order valence-electron chi connectivity index (χ4n) is 3.10. The predicted molar refractivity (Wildman–Crippen MR) is 104 cm³/mol. The normalized spacial score (nSPS) is 19.9. The minimum Gasteiger partial charge on any atom is -0.476 e. The van der Waals surface area contributed by atoms with Crippen LogP contribution < -0.4 is 9.46 Å². The number of sulfonamides is 1. The molecule has 8 nitrogen and oxygen atoms in total. The molecule has 1 saturated heterocycles. The van der Waals surface area contributed by atoms with Gasteiger partial charge in [0.2, 0.25) is 10.0 Å². The molecule has 0 aromatic heterocycles. The van der Waals surface area contributed by atoms with Gasteiger partial charge in [0.15, 0.2) is 6.10 Å². The zero-order valence-corrected chi connectivity index (χ0v) is 17.7. The monoisotopic (exact) mass is 452 g/mol. The van der Waals surface area contributed by atoms with Crippen LogP contribution in [-0.4, -0.2) is 71.4 Å². The number of ether oxygens (including phenoxy) is 3. The minimum atomic E-state index is -3.88. The molecule has 0 aliphatic carbocycles. The Morgan fingerprint density at radius 1 is 1.32 bits per heavy atom. The Morgan fingerprint density at radius 2 is 2.04 bits per heavy atom. The van der Waals surface area contributed by atoms with E-state index in [0.29, 0.717) is 25.3 Å². The Balaban J connectivity index is 1.73. The SMILES string of the molecule is CCOC(=O)C1Cc2cc(S(=O)(=O)NCCN3CCOCC3)c(Cl)c(Cl)c2O1. The van der Waals surface area contributed by atoms with Crippen molar-refractivity contribution in [2.75, 3.05) is 46.0 Å². The topological polar surface area (TPSA) is 94.2 Å². The molecule has 0 amide bonds. The lowest BCUT2D eigenvalue weighted by atomic mass is 10.1. The molecule has 1 aromatic carbocycles. The molecule has 3 rings (SSSR count). The summed E-state index contributed by atoms with van der Waals surface area (Å²) in [4.78, 5) is 13.9. The van der Waals surface area contributed by atoms with Crippen LogP contribution in [0.15, 0.2) is 11.0 Å². The number of hydrogen-bond donors (Lipinski definition) is 1. The highest BCUT2D eigenvalue weighted by Crippen LogP contribution is 2.43. The third-order valence-electron chi connectivity index (χ3n) is 4.53. The van der Waals surface area contributed by atoms with E-state index >= 15 is 0 Å². The van der Waals surface area contributed by atoms with Gasteiger partial charge in [0.25, 0.3) is 0 Å². The maximum Gasteiger partial charge on any atom is 0.347 e. The Hall–Kier alpha value is -1.10. The van der Waals surface area contributed by atoms with Crippen LogP contribution in [0, 0.1) is 0 Å². The van der Waals surface area contributed by atoms with Gasteiger partial charge in [-0.05, 0) is 13.0 Å². The van der Waals surface area contributed by atoms with Crippen molar-refractivity contribution in [3.05, 3.63) is 21.7 Å². The fourth-order valence-corrected chi connectivity index (χ4v) is 5.02. The first-order chi connectivity index (χ1) is 13.3. The van der Waals surface area contributed by atoms with Gasteiger partial charge >= 0.3 is 5.97 Å². The van der Waals surface area contributed by atoms with Gasteiger partial charge in [-0.3, -0.25) is 4.90 Å². The van der Waals surface area contributed by atoms with Crippen molar-refractivity contribution in [1.82, 2.24) is 9.62 Å². The third kappa shape index (κ3) is 4.72. The first-order valence-electron chi connectivity index (χ1n) is 8.97. The number of nitrogens with zero attached hydrogens (tertiary/aromatic N) is 1. The molecule has 1 N–H and O–H groups in total. The van der Waals surface area contributed by atoms with E-state index < -0.39 is 22.1 Å². The summed E-state index contributed by atoms with van der Waals surface area (Å²) in [5, 5.41) is -0.164. The highest BCUT2D eigenvalue weighted by Gasteiger charge is 2.35. The van der Waals surface area contributed by atoms with E-state index in [9.17, 15) is 13.2 Å². The summed E-state index contributed by atoms with van der Waals surface area (Å²) >= 11 is 12.4. The summed E-state index contributed by atoms with van der Waals surface area (Å²) in [6.07, 6.45) is -0.697. The van der Waals surface area contributed by atoms with E-state index in [1.807, 2.05) is 0 Å². The maximum absolute atomic E-state index is 12.7. The molecule has 0 radical (unpaired) electrons. The van der Waals surface area contributed by atoms with Gasteiger partial charge in [-0.2, -0.15) is 0 Å². The molecule has 1 fully saturated rings. The van der Waals surface area contributed by atoms with Crippen LogP contribution in [0.25, 0.3) is 0 Å². The average Bonchev–Trinajstić information content (AvgIpc) is 3.10. The summed E-state index contributed by atoms with van der Waals surface area (Å²) in [5.74, 6) is -0.309. The first-order valence-corrected chi connectivity index (χ1v) is 11.2. The number of rotatable bonds is 7. The molecule has 0 spiro atoms. The number of carbonyl (C=O) groups excluding carboxylic acids is 1. The van der Waals surface area contributed by atoms with E-state index in [4.69, 9.17) is 37.4 Å². The minimum absolute atomic E-state index is 0.0282. The number of hydrogen-bond acceptors (Lipinski definition) is 7. The summed E-state index contributed by atoms with van der Waals surface area (Å²) in [5.41, 5.74) is 0.501. The lowest BCUT2D eigenvalue weighted by Gasteiger charge is -2.26. The largest absolute Gasteiger partial charge is 0.476 e. The zero-order chi connectivity index (χ0) is 20.3. The summed E-state index contributed by atoms with van der Waals surface area (Å²) in [6.45, 7) is 5.51. The Morgan fingerprint density at radius 3 is 2.71 bits per heavy atom. The number of carbonyl (C=O) groups is 1. The highest BCUT2D eigenvalue weighted by atomic mass is 35.5. The number of halogens is 2. The van der Waals surface area contributed by atoms with Crippen LogP contribution in [0.3, 0.4) is 0 Å². The molecular formula is C17H22Cl2N2O6S. The summed E-state index contributed by atoms with van der Waals surface area (Å²) in [7, 11) is -3.88. The molecule has 0 bridgehead atoms. The van der Waals surface area contributed by atoms with Crippen LogP contribution >= 0.6 is 23.2 Å². The number of morpholine rings is 1. The van der Waals surface area contributed by atoms with Crippen LogP contribution in [0.1, 0.15) is 12.5 Å². The van der Waals surface area contributed by atoms with Crippen molar-refractivity contribution in [2.45, 2.75) is 24.3 Å². The van der Waals surface area contributed by atoms with Crippen molar-refractivity contribution < 1.29 is 27.4 Å². The van der Waals surface area contributed by atoms with Gasteiger partial charge < -0.3 is 14.2 Å². The number of fused-ring (bicyclic) bond motifs is 1. The molecule has 0 saturated carbocycles. The zero-order valence-electron chi connectivity index (χ0n) is 15.4. The van der Waals surface area contributed by atoms with Crippen molar-refractivity contribution >= 4 is 39.2 Å². The molecule has 2 heterocycles. The molecule has 2 aliphatic rings. The van der Waals surface area contributed by atoms with Crippen molar-refractivity contribution in [3.8, 4) is 5.75 Å². The smallest absolute Gasteiger partial charge is 0.347 e. The van der Waals surface area contributed by atoms with Gasteiger partial charge in [0, 0.05) is 38.2 Å². The first kappa shape index (κ1) is 21.6. The van der Waals surface area contributed by atoms with Gasteiger partial charge in [-0.25, -0.2) is 17.9 Å². The van der Waals surface area contributed by atoms with Gasteiger partial charge in [-0.15, -0.1) is 0 Å². The number of esters is 1. The highest BCUT2D eigenvalue weighted by molar-refractivity contribution is 7.89. The molecule has 1 aromatic rings. The molecule has 1 unspecified atom stereocenters. The summed E-state index contributed by atoms with van der Waals surface area (Å²) in [6, 6.07) is 1.40. The van der Waals surface area contributed by atoms with Crippen molar-refractivity contribution in [3.63, 3.8) is 0 Å². The molecule has 1 atom stereocenters. The lowest BCUT2D eigenvalue weighted by molar-refractivity contribution is -0.150. The number of nitrogens with one attached hydrogen (secondary N) is 1. The van der Waals surface area contributed by atoms with E-state index in [-0.39, 0.29) is 40.3 Å². The van der Waals surface area contributed by atoms with Gasteiger partial charge in [0.1, 0.15) is 15.7 Å². The van der Waals surface area contributed by atoms with Crippen LogP contribution in [0.2, 0.25) is 10.0 Å². The van der Waals surface area contributed by atoms with Crippen molar-refractivity contribution in [2.24, 2.45) is 0 Å². The molecule has 28 heavy (non-hydrogen) atoms. The second kappa shape index (κ2) is 9.15. The molecule has 156 valence electrons.